The molecule has 21 heavy (non-hydrogen) atoms. The molecule has 1 aromatic heterocycles. The van der Waals surface area contributed by atoms with Gasteiger partial charge in [0.25, 0.3) is 0 Å². The summed E-state index contributed by atoms with van der Waals surface area (Å²) in [6, 6.07) is 4.05. The molecule has 2 fully saturated rings. The molecule has 2 aliphatic rings. The molecule has 1 aromatic rings. The summed E-state index contributed by atoms with van der Waals surface area (Å²) in [4.78, 5) is 16.0. The van der Waals surface area contributed by atoms with Crippen LogP contribution in [0.25, 0.3) is 0 Å². The minimum atomic E-state index is -3.06. The number of nitrogens with zero attached hydrogens (tertiary/aromatic N) is 1. The van der Waals surface area contributed by atoms with Crippen molar-refractivity contribution >= 4 is 27.1 Å². The Morgan fingerprint density at radius 3 is 2.62 bits per heavy atom. The number of hydrogen-bond donors (Lipinski definition) is 0. The molecule has 1 saturated carbocycles. The fourth-order valence-corrected chi connectivity index (χ4v) is 5.62. The predicted molar refractivity (Wildman–Crippen MR) is 84.3 cm³/mol. The molecule has 0 spiro atoms. The van der Waals surface area contributed by atoms with E-state index in [2.05, 4.69) is 6.07 Å². The van der Waals surface area contributed by atoms with Crippen molar-refractivity contribution in [1.29, 1.82) is 0 Å². The SMILES string of the molecule is CS(=O)(=O)[C@@H]1CCN(C(=O)C2(c3cccs3)CCCC2)C1. The molecule has 2 heterocycles. The number of rotatable bonds is 3. The third kappa shape index (κ3) is 2.63. The number of carbonyl (C=O) groups excluding carboxylic acids is 1. The van der Waals surface area contributed by atoms with Crippen LogP contribution in [-0.4, -0.2) is 43.8 Å². The zero-order valence-electron chi connectivity index (χ0n) is 12.2. The van der Waals surface area contributed by atoms with Crippen molar-refractivity contribution in [3.05, 3.63) is 22.4 Å². The van der Waals surface area contributed by atoms with Crippen LogP contribution in [-0.2, 0) is 20.0 Å². The Hall–Kier alpha value is -0.880. The van der Waals surface area contributed by atoms with E-state index in [9.17, 15) is 13.2 Å². The van der Waals surface area contributed by atoms with E-state index in [0.29, 0.717) is 19.5 Å². The van der Waals surface area contributed by atoms with Crippen LogP contribution >= 0.6 is 11.3 Å². The minimum Gasteiger partial charge on any atom is -0.341 e. The van der Waals surface area contributed by atoms with E-state index in [0.717, 1.165) is 30.6 Å². The van der Waals surface area contributed by atoms with Crippen LogP contribution in [0.1, 0.15) is 37.0 Å². The lowest BCUT2D eigenvalue weighted by atomic mass is 9.83. The first-order valence-corrected chi connectivity index (χ1v) is 10.3. The summed E-state index contributed by atoms with van der Waals surface area (Å²) in [5, 5.41) is 1.63. The fourth-order valence-electron chi connectivity index (χ4n) is 3.66. The van der Waals surface area contributed by atoms with Gasteiger partial charge in [0.15, 0.2) is 9.84 Å². The van der Waals surface area contributed by atoms with E-state index in [1.807, 2.05) is 11.4 Å². The number of hydrogen-bond acceptors (Lipinski definition) is 4. The van der Waals surface area contributed by atoms with Crippen molar-refractivity contribution in [3.63, 3.8) is 0 Å². The number of carbonyl (C=O) groups is 1. The van der Waals surface area contributed by atoms with Gasteiger partial charge in [-0.25, -0.2) is 8.42 Å². The molecule has 3 rings (SSSR count). The minimum absolute atomic E-state index is 0.147. The molecule has 0 N–H and O–H groups in total. The smallest absolute Gasteiger partial charge is 0.234 e. The molecule has 116 valence electrons. The zero-order chi connectivity index (χ0) is 15.1. The van der Waals surface area contributed by atoms with E-state index < -0.39 is 9.84 Å². The van der Waals surface area contributed by atoms with Crippen molar-refractivity contribution < 1.29 is 13.2 Å². The van der Waals surface area contributed by atoms with E-state index >= 15 is 0 Å². The summed E-state index contributed by atoms with van der Waals surface area (Å²) < 4.78 is 23.4. The molecule has 0 unspecified atom stereocenters. The predicted octanol–water partition coefficient (Wildman–Crippen LogP) is 2.21. The van der Waals surface area contributed by atoms with Gasteiger partial charge in [0.05, 0.1) is 10.7 Å². The molecule has 0 radical (unpaired) electrons. The lowest BCUT2D eigenvalue weighted by Crippen LogP contribution is -2.44. The molecule has 1 atom stereocenters. The Morgan fingerprint density at radius 1 is 1.38 bits per heavy atom. The van der Waals surface area contributed by atoms with Crippen LogP contribution in [0.4, 0.5) is 0 Å². The summed E-state index contributed by atoms with van der Waals surface area (Å²) in [6.07, 6.45) is 5.79. The summed E-state index contributed by atoms with van der Waals surface area (Å²) in [7, 11) is -3.06. The maximum atomic E-state index is 13.1. The highest BCUT2D eigenvalue weighted by molar-refractivity contribution is 7.91. The van der Waals surface area contributed by atoms with Crippen molar-refractivity contribution in [3.8, 4) is 0 Å². The van der Waals surface area contributed by atoms with E-state index in [-0.39, 0.29) is 16.6 Å². The summed E-state index contributed by atoms with van der Waals surface area (Å²) in [5.74, 6) is 0.147. The lowest BCUT2D eigenvalue weighted by molar-refractivity contribution is -0.136. The van der Waals surface area contributed by atoms with Gasteiger partial charge in [0, 0.05) is 24.2 Å². The number of thiophene rings is 1. The number of likely N-dealkylation sites (tertiary alicyclic amines) is 1. The quantitative estimate of drug-likeness (QED) is 0.855. The molecule has 0 aromatic carbocycles. The fraction of sp³-hybridized carbons (Fsp3) is 0.667. The number of amides is 1. The highest BCUT2D eigenvalue weighted by atomic mass is 32.2. The van der Waals surface area contributed by atoms with Crippen LogP contribution in [0.15, 0.2) is 17.5 Å². The summed E-state index contributed by atoms with van der Waals surface area (Å²) in [5.41, 5.74) is -0.388. The number of sulfone groups is 1. The van der Waals surface area contributed by atoms with Crippen LogP contribution in [0.3, 0.4) is 0 Å². The van der Waals surface area contributed by atoms with Gasteiger partial charge in [-0.15, -0.1) is 11.3 Å². The highest BCUT2D eigenvalue weighted by Gasteiger charge is 2.47. The lowest BCUT2D eigenvalue weighted by Gasteiger charge is -2.31. The molecule has 1 aliphatic heterocycles. The molecule has 0 bridgehead atoms. The second-order valence-electron chi connectivity index (χ2n) is 6.26. The van der Waals surface area contributed by atoms with Gasteiger partial charge in [-0.3, -0.25) is 4.79 Å². The van der Waals surface area contributed by atoms with Crippen LogP contribution in [0, 0.1) is 0 Å². The third-order valence-corrected chi connectivity index (χ3v) is 7.57. The van der Waals surface area contributed by atoms with Gasteiger partial charge in [-0.1, -0.05) is 18.9 Å². The topological polar surface area (TPSA) is 54.5 Å². The van der Waals surface area contributed by atoms with Crippen LogP contribution in [0.2, 0.25) is 0 Å². The van der Waals surface area contributed by atoms with E-state index in [4.69, 9.17) is 0 Å². The normalized spacial score (nSPS) is 25.4. The molecule has 1 saturated heterocycles. The maximum absolute atomic E-state index is 13.1. The second-order valence-corrected chi connectivity index (χ2v) is 9.53. The molecular weight excluding hydrogens is 306 g/mol. The van der Waals surface area contributed by atoms with Gasteiger partial charge >= 0.3 is 0 Å². The Labute approximate surface area is 130 Å². The average Bonchev–Trinajstić information content (AvgIpc) is 3.17. The van der Waals surface area contributed by atoms with Crippen LogP contribution < -0.4 is 0 Å². The molecule has 6 heteroatoms. The molecule has 1 amide bonds. The van der Waals surface area contributed by atoms with Crippen molar-refractivity contribution in [1.82, 2.24) is 4.90 Å². The van der Waals surface area contributed by atoms with Gasteiger partial charge in [0.2, 0.25) is 5.91 Å². The summed E-state index contributed by atoms with van der Waals surface area (Å²) >= 11 is 1.65. The monoisotopic (exact) mass is 327 g/mol. The second kappa shape index (κ2) is 5.39. The van der Waals surface area contributed by atoms with Gasteiger partial charge < -0.3 is 4.90 Å². The molecule has 4 nitrogen and oxygen atoms in total. The average molecular weight is 327 g/mol. The van der Waals surface area contributed by atoms with Crippen molar-refractivity contribution in [2.24, 2.45) is 0 Å². The maximum Gasteiger partial charge on any atom is 0.234 e. The first-order valence-electron chi connectivity index (χ1n) is 7.46. The Morgan fingerprint density at radius 2 is 2.10 bits per heavy atom. The van der Waals surface area contributed by atoms with E-state index in [1.165, 1.54) is 6.26 Å². The summed E-state index contributed by atoms with van der Waals surface area (Å²) in [6.45, 7) is 0.939. The largest absolute Gasteiger partial charge is 0.341 e. The first-order chi connectivity index (χ1) is 9.93. The first kappa shape index (κ1) is 15.0. The van der Waals surface area contributed by atoms with E-state index in [1.54, 1.807) is 16.2 Å². The highest BCUT2D eigenvalue weighted by Crippen LogP contribution is 2.45. The van der Waals surface area contributed by atoms with Crippen molar-refractivity contribution in [2.45, 2.75) is 42.8 Å². The van der Waals surface area contributed by atoms with Crippen LogP contribution in [0.5, 0.6) is 0 Å². The third-order valence-electron chi connectivity index (χ3n) is 4.90. The van der Waals surface area contributed by atoms with Gasteiger partial charge in [-0.2, -0.15) is 0 Å². The Bertz CT molecular complexity index is 615. The molecule has 1 aliphatic carbocycles. The van der Waals surface area contributed by atoms with Gasteiger partial charge in [0.1, 0.15) is 0 Å². The van der Waals surface area contributed by atoms with Gasteiger partial charge in [-0.05, 0) is 30.7 Å². The Balaban J connectivity index is 1.84. The molecular formula is C15H21NO3S2. The van der Waals surface area contributed by atoms with Crippen molar-refractivity contribution in [2.75, 3.05) is 19.3 Å². The zero-order valence-corrected chi connectivity index (χ0v) is 13.9. The Kier molecular flexibility index (Phi) is 3.86. The standard InChI is InChI=1S/C15H21NO3S2/c1-21(18,19)12-6-9-16(11-12)14(17)15(7-2-3-8-15)13-5-4-10-20-13/h4-5,10,12H,2-3,6-9,11H2,1H3/t12-/m1/s1.